The van der Waals surface area contributed by atoms with Crippen LogP contribution in [0.4, 0.5) is 0 Å². The summed E-state index contributed by atoms with van der Waals surface area (Å²) < 4.78 is 0. The second-order valence-electron chi connectivity index (χ2n) is 5.01. The fourth-order valence-corrected chi connectivity index (χ4v) is 3.48. The van der Waals surface area contributed by atoms with E-state index in [1.807, 2.05) is 11.8 Å². The molecule has 2 fully saturated rings. The van der Waals surface area contributed by atoms with Gasteiger partial charge in [0.1, 0.15) is 0 Å². The number of nitrogens with two attached hydrogens (primary N) is 1. The highest BCUT2D eigenvalue weighted by Crippen LogP contribution is 2.18. The third-order valence-corrected chi connectivity index (χ3v) is 4.73. The van der Waals surface area contributed by atoms with Crippen LogP contribution >= 0.6 is 11.8 Å². The molecule has 5 nitrogen and oxygen atoms in total. The first-order valence-electron chi connectivity index (χ1n) is 6.55. The van der Waals surface area contributed by atoms with Gasteiger partial charge >= 0.3 is 0 Å². The van der Waals surface area contributed by atoms with Crippen LogP contribution in [0.1, 0.15) is 19.3 Å². The molecular weight excluding hydrogens is 250 g/mol. The highest BCUT2D eigenvalue weighted by atomic mass is 32.2. The summed E-state index contributed by atoms with van der Waals surface area (Å²) in [7, 11) is 0. The van der Waals surface area contributed by atoms with Crippen molar-refractivity contribution in [3.8, 4) is 0 Å². The van der Waals surface area contributed by atoms with E-state index >= 15 is 0 Å². The maximum absolute atomic E-state index is 12.2. The lowest BCUT2D eigenvalue weighted by molar-refractivity contribution is -0.135. The third kappa shape index (κ3) is 3.62. The number of hydrogen-bond acceptors (Lipinski definition) is 4. The lowest BCUT2D eigenvalue weighted by Gasteiger charge is -2.33. The molecule has 2 aliphatic heterocycles. The first-order chi connectivity index (χ1) is 8.66. The smallest absolute Gasteiger partial charge is 0.224 e. The van der Waals surface area contributed by atoms with Crippen LogP contribution in [-0.4, -0.2) is 53.9 Å². The Hall–Kier alpha value is -0.750. The molecule has 0 saturated carbocycles. The van der Waals surface area contributed by atoms with Crippen molar-refractivity contribution in [2.24, 2.45) is 11.7 Å². The van der Waals surface area contributed by atoms with Crippen molar-refractivity contribution >= 4 is 23.6 Å². The molecule has 2 saturated heterocycles. The molecule has 102 valence electrons. The van der Waals surface area contributed by atoms with Crippen LogP contribution in [0.25, 0.3) is 0 Å². The zero-order valence-corrected chi connectivity index (χ0v) is 11.4. The van der Waals surface area contributed by atoms with Crippen molar-refractivity contribution in [3.05, 3.63) is 0 Å². The summed E-state index contributed by atoms with van der Waals surface area (Å²) in [6, 6.07) is 0.283. The number of primary amides is 1. The Labute approximate surface area is 112 Å². The third-order valence-electron chi connectivity index (χ3n) is 3.60. The van der Waals surface area contributed by atoms with Gasteiger partial charge < -0.3 is 16.0 Å². The van der Waals surface area contributed by atoms with E-state index in [2.05, 4.69) is 5.32 Å². The number of nitrogens with zero attached hydrogens (tertiary/aromatic N) is 1. The van der Waals surface area contributed by atoms with Gasteiger partial charge in [-0.2, -0.15) is 11.8 Å². The van der Waals surface area contributed by atoms with Gasteiger partial charge in [-0.1, -0.05) is 0 Å². The van der Waals surface area contributed by atoms with Crippen LogP contribution in [0.3, 0.4) is 0 Å². The first kappa shape index (κ1) is 13.7. The zero-order valence-electron chi connectivity index (χ0n) is 10.6. The zero-order chi connectivity index (χ0) is 13.0. The van der Waals surface area contributed by atoms with Gasteiger partial charge in [0.2, 0.25) is 11.8 Å². The maximum Gasteiger partial charge on any atom is 0.224 e. The Morgan fingerprint density at radius 2 is 2.28 bits per heavy atom. The monoisotopic (exact) mass is 271 g/mol. The summed E-state index contributed by atoms with van der Waals surface area (Å²) in [6.45, 7) is 2.25. The topological polar surface area (TPSA) is 75.4 Å². The van der Waals surface area contributed by atoms with E-state index < -0.39 is 0 Å². The quantitative estimate of drug-likeness (QED) is 0.746. The van der Waals surface area contributed by atoms with Crippen LogP contribution in [0.15, 0.2) is 0 Å². The lowest BCUT2D eigenvalue weighted by atomic mass is 9.97. The molecular formula is C12H21N3O2S. The number of rotatable bonds is 3. The lowest BCUT2D eigenvalue weighted by Crippen LogP contribution is -2.47. The molecule has 0 bridgehead atoms. The van der Waals surface area contributed by atoms with Gasteiger partial charge in [-0.3, -0.25) is 9.59 Å². The van der Waals surface area contributed by atoms with Gasteiger partial charge in [-0.05, 0) is 12.8 Å². The van der Waals surface area contributed by atoms with Crippen LogP contribution < -0.4 is 11.1 Å². The van der Waals surface area contributed by atoms with E-state index in [4.69, 9.17) is 5.73 Å². The number of likely N-dealkylation sites (tertiary alicyclic amines) is 1. The number of thioether (sulfide) groups is 1. The molecule has 0 aromatic rings. The fraction of sp³-hybridized carbons (Fsp3) is 0.833. The van der Waals surface area contributed by atoms with Crippen molar-refractivity contribution in [1.82, 2.24) is 10.2 Å². The van der Waals surface area contributed by atoms with Crippen molar-refractivity contribution in [2.45, 2.75) is 25.3 Å². The average Bonchev–Trinajstić information content (AvgIpc) is 2.40. The van der Waals surface area contributed by atoms with Gasteiger partial charge in [0.15, 0.2) is 0 Å². The highest BCUT2D eigenvalue weighted by molar-refractivity contribution is 7.99. The molecule has 0 aromatic carbocycles. The van der Waals surface area contributed by atoms with Crippen molar-refractivity contribution in [2.75, 3.05) is 31.1 Å². The Morgan fingerprint density at radius 1 is 1.44 bits per heavy atom. The molecule has 3 N–H and O–H groups in total. The Kier molecular flexibility index (Phi) is 4.88. The molecule has 0 spiro atoms. The van der Waals surface area contributed by atoms with Crippen LogP contribution in [0.5, 0.6) is 0 Å². The van der Waals surface area contributed by atoms with Crippen LogP contribution in [0.2, 0.25) is 0 Å². The minimum absolute atomic E-state index is 0.154. The van der Waals surface area contributed by atoms with E-state index in [1.54, 1.807) is 4.90 Å². The van der Waals surface area contributed by atoms with Crippen molar-refractivity contribution < 1.29 is 9.59 Å². The summed E-state index contributed by atoms with van der Waals surface area (Å²) in [4.78, 5) is 25.1. The summed E-state index contributed by atoms with van der Waals surface area (Å²) in [5.41, 5.74) is 5.32. The van der Waals surface area contributed by atoms with E-state index in [9.17, 15) is 9.59 Å². The Balaban J connectivity index is 1.82. The van der Waals surface area contributed by atoms with Gasteiger partial charge in [-0.15, -0.1) is 0 Å². The number of hydrogen-bond donors (Lipinski definition) is 2. The van der Waals surface area contributed by atoms with Crippen molar-refractivity contribution in [1.29, 1.82) is 0 Å². The van der Waals surface area contributed by atoms with Gasteiger partial charge in [-0.25, -0.2) is 0 Å². The maximum atomic E-state index is 12.2. The number of piperidine rings is 1. The number of nitrogens with one attached hydrogen (secondary N) is 1. The largest absolute Gasteiger partial charge is 0.369 e. The second kappa shape index (κ2) is 6.43. The standard InChI is InChI=1S/C12H21N3O2S/c13-12(17)9-2-1-4-15(7-9)11(16)6-10-8-18-5-3-14-10/h9-10,14H,1-8H2,(H2,13,17). The van der Waals surface area contributed by atoms with Crippen LogP contribution in [-0.2, 0) is 9.59 Å². The predicted molar refractivity (Wildman–Crippen MR) is 72.2 cm³/mol. The molecule has 2 rings (SSSR count). The number of carbonyl (C=O) groups is 2. The SMILES string of the molecule is NC(=O)C1CCCN(C(=O)CC2CSCCN2)C1. The Bertz CT molecular complexity index is 318. The number of amides is 2. The molecule has 2 atom stereocenters. The van der Waals surface area contributed by atoms with Gasteiger partial charge in [0.25, 0.3) is 0 Å². The average molecular weight is 271 g/mol. The summed E-state index contributed by atoms with van der Waals surface area (Å²) in [5, 5.41) is 3.36. The van der Waals surface area contributed by atoms with Crippen molar-refractivity contribution in [3.63, 3.8) is 0 Å². The van der Waals surface area contributed by atoms with Gasteiger partial charge in [0.05, 0.1) is 5.92 Å². The van der Waals surface area contributed by atoms with E-state index in [-0.39, 0.29) is 23.8 Å². The molecule has 0 aromatic heterocycles. The van der Waals surface area contributed by atoms with E-state index in [0.29, 0.717) is 13.0 Å². The van der Waals surface area contributed by atoms with Crippen LogP contribution in [0, 0.1) is 5.92 Å². The summed E-state index contributed by atoms with van der Waals surface area (Å²) >= 11 is 1.89. The predicted octanol–water partition coefficient (Wildman–Crippen LogP) is -0.195. The van der Waals surface area contributed by atoms with Gasteiger partial charge in [0, 0.05) is 43.6 Å². The molecule has 2 unspecified atom stereocenters. The minimum Gasteiger partial charge on any atom is -0.369 e. The molecule has 2 amide bonds. The molecule has 0 aliphatic carbocycles. The molecule has 18 heavy (non-hydrogen) atoms. The minimum atomic E-state index is -0.279. The highest BCUT2D eigenvalue weighted by Gasteiger charge is 2.28. The molecule has 2 heterocycles. The van der Waals surface area contributed by atoms with E-state index in [1.165, 1.54) is 0 Å². The second-order valence-corrected chi connectivity index (χ2v) is 6.16. The normalized spacial score (nSPS) is 29.0. The molecule has 2 aliphatic rings. The Morgan fingerprint density at radius 3 is 2.94 bits per heavy atom. The molecule has 6 heteroatoms. The van der Waals surface area contributed by atoms with E-state index in [0.717, 1.165) is 37.4 Å². The fourth-order valence-electron chi connectivity index (χ4n) is 2.53. The summed E-state index contributed by atoms with van der Waals surface area (Å²) in [5.74, 6) is 1.84. The first-order valence-corrected chi connectivity index (χ1v) is 7.70. The summed E-state index contributed by atoms with van der Waals surface area (Å²) in [6.07, 6.45) is 2.24. The molecule has 0 radical (unpaired) electrons. The number of carbonyl (C=O) groups excluding carboxylic acids is 2.